The number of hydrogen-bond acceptors (Lipinski definition) is 5. The molecule has 0 bridgehead atoms. The first-order valence-corrected chi connectivity index (χ1v) is 8.96. The molecule has 1 N–H and O–H groups in total. The molecule has 0 spiro atoms. The molecule has 5 nitrogen and oxygen atoms in total. The molecule has 1 aromatic carbocycles. The molecule has 118 valence electrons. The van der Waals surface area contributed by atoms with Crippen LogP contribution in [0.1, 0.15) is 5.56 Å². The molecule has 7 heteroatoms. The van der Waals surface area contributed by atoms with Crippen molar-refractivity contribution < 1.29 is 4.79 Å². The van der Waals surface area contributed by atoms with E-state index in [2.05, 4.69) is 15.2 Å². The van der Waals surface area contributed by atoms with Crippen LogP contribution in [0.15, 0.2) is 53.0 Å². The lowest BCUT2D eigenvalue weighted by Crippen LogP contribution is -2.27. The quantitative estimate of drug-likeness (QED) is 0.697. The third-order valence-corrected chi connectivity index (χ3v) is 4.94. The smallest absolute Gasteiger partial charge is 0.233 e. The fourth-order valence-corrected chi connectivity index (χ4v) is 3.42. The third-order valence-electron chi connectivity index (χ3n) is 3.23. The van der Waals surface area contributed by atoms with E-state index in [9.17, 15) is 4.79 Å². The molecule has 0 radical (unpaired) electrons. The minimum absolute atomic E-state index is 0.0568. The second-order valence-electron chi connectivity index (χ2n) is 4.97. The zero-order chi connectivity index (χ0) is 16.1. The highest BCUT2D eigenvalue weighted by Gasteiger charge is 2.12. The molecule has 0 saturated carbocycles. The van der Waals surface area contributed by atoms with Crippen molar-refractivity contribution in [2.45, 2.75) is 11.7 Å². The van der Waals surface area contributed by atoms with E-state index in [0.717, 1.165) is 16.3 Å². The summed E-state index contributed by atoms with van der Waals surface area (Å²) in [6, 6.07) is 13.9. The molecule has 2 heterocycles. The molecule has 0 atom stereocenters. The summed E-state index contributed by atoms with van der Waals surface area (Å²) in [5.74, 6) is 1.12. The van der Waals surface area contributed by atoms with Gasteiger partial charge in [-0.3, -0.25) is 9.89 Å². The third kappa shape index (κ3) is 4.20. The first-order chi connectivity index (χ1) is 11.2. The minimum atomic E-state index is 0.0568. The number of H-pyrrole nitrogens is 1. The van der Waals surface area contributed by atoms with Crippen LogP contribution in [0.2, 0.25) is 0 Å². The number of nitrogens with one attached hydrogen (secondary N) is 1. The number of amides is 1. The zero-order valence-corrected chi connectivity index (χ0v) is 14.2. The summed E-state index contributed by atoms with van der Waals surface area (Å²) < 4.78 is 0. The van der Waals surface area contributed by atoms with E-state index in [0.29, 0.717) is 17.5 Å². The molecule has 0 aliphatic heterocycles. The Labute approximate surface area is 142 Å². The SMILES string of the molecule is CN(Cc1ccccc1)C(=O)CSc1n[nH]c(-c2cccs2)n1. The molecule has 0 aliphatic rings. The number of aromatic nitrogens is 3. The normalized spacial score (nSPS) is 10.7. The Kier molecular flexibility index (Phi) is 5.09. The molecule has 0 aliphatic carbocycles. The van der Waals surface area contributed by atoms with Gasteiger partial charge >= 0.3 is 0 Å². The largest absolute Gasteiger partial charge is 0.341 e. The van der Waals surface area contributed by atoms with Crippen LogP contribution in [-0.2, 0) is 11.3 Å². The van der Waals surface area contributed by atoms with Gasteiger partial charge in [0.1, 0.15) is 0 Å². The van der Waals surface area contributed by atoms with Gasteiger partial charge in [0.15, 0.2) is 5.82 Å². The van der Waals surface area contributed by atoms with Gasteiger partial charge < -0.3 is 4.90 Å². The molecule has 0 unspecified atom stereocenters. The van der Waals surface area contributed by atoms with E-state index in [1.807, 2.05) is 54.9 Å². The lowest BCUT2D eigenvalue weighted by molar-refractivity contribution is -0.127. The number of thiophene rings is 1. The summed E-state index contributed by atoms with van der Waals surface area (Å²) >= 11 is 2.95. The van der Waals surface area contributed by atoms with Crippen molar-refractivity contribution in [3.05, 3.63) is 53.4 Å². The van der Waals surface area contributed by atoms with Gasteiger partial charge in [0.2, 0.25) is 11.1 Å². The Morgan fingerprint density at radius 3 is 2.83 bits per heavy atom. The van der Waals surface area contributed by atoms with Gasteiger partial charge in [-0.05, 0) is 17.0 Å². The van der Waals surface area contributed by atoms with Gasteiger partial charge in [-0.2, -0.15) is 0 Å². The summed E-state index contributed by atoms with van der Waals surface area (Å²) in [5, 5.41) is 9.64. The van der Waals surface area contributed by atoms with Crippen LogP contribution in [0.3, 0.4) is 0 Å². The van der Waals surface area contributed by atoms with Crippen LogP contribution < -0.4 is 0 Å². The molecule has 2 aromatic heterocycles. The lowest BCUT2D eigenvalue weighted by atomic mass is 10.2. The summed E-state index contributed by atoms with van der Waals surface area (Å²) in [6.45, 7) is 0.606. The topological polar surface area (TPSA) is 61.9 Å². The number of carbonyl (C=O) groups excluding carboxylic acids is 1. The second kappa shape index (κ2) is 7.43. The summed E-state index contributed by atoms with van der Waals surface area (Å²) in [5.41, 5.74) is 1.12. The van der Waals surface area contributed by atoms with Crippen molar-refractivity contribution in [1.82, 2.24) is 20.1 Å². The van der Waals surface area contributed by atoms with Gasteiger partial charge in [0, 0.05) is 13.6 Å². The molecular weight excluding hydrogens is 328 g/mol. The summed E-state index contributed by atoms with van der Waals surface area (Å²) in [6.07, 6.45) is 0. The first-order valence-electron chi connectivity index (χ1n) is 7.09. The lowest BCUT2D eigenvalue weighted by Gasteiger charge is -2.16. The van der Waals surface area contributed by atoms with Crippen molar-refractivity contribution in [3.63, 3.8) is 0 Å². The Balaban J connectivity index is 1.52. The standard InChI is InChI=1S/C16H16N4OS2/c1-20(10-12-6-3-2-4-7-12)14(21)11-23-16-17-15(18-19-16)13-8-5-9-22-13/h2-9H,10-11H2,1H3,(H,17,18,19). The predicted octanol–water partition coefficient (Wildman–Crippen LogP) is 3.28. The number of rotatable bonds is 6. The number of aromatic amines is 1. The second-order valence-corrected chi connectivity index (χ2v) is 6.86. The summed E-state index contributed by atoms with van der Waals surface area (Å²) in [7, 11) is 1.81. The van der Waals surface area contributed by atoms with Crippen molar-refractivity contribution in [3.8, 4) is 10.7 Å². The highest BCUT2D eigenvalue weighted by Crippen LogP contribution is 2.23. The van der Waals surface area contributed by atoms with Crippen molar-refractivity contribution in [2.24, 2.45) is 0 Å². The number of carbonyl (C=O) groups is 1. The monoisotopic (exact) mass is 344 g/mol. The fraction of sp³-hybridized carbons (Fsp3) is 0.188. The molecule has 1 amide bonds. The van der Waals surface area contributed by atoms with E-state index in [-0.39, 0.29) is 5.91 Å². The van der Waals surface area contributed by atoms with E-state index >= 15 is 0 Å². The zero-order valence-electron chi connectivity index (χ0n) is 12.6. The summed E-state index contributed by atoms with van der Waals surface area (Å²) in [4.78, 5) is 19.4. The molecular formula is C16H16N4OS2. The van der Waals surface area contributed by atoms with Crippen LogP contribution in [0.5, 0.6) is 0 Å². The number of nitrogens with zero attached hydrogens (tertiary/aromatic N) is 3. The molecule has 0 fully saturated rings. The van der Waals surface area contributed by atoms with Crippen molar-refractivity contribution in [2.75, 3.05) is 12.8 Å². The van der Waals surface area contributed by atoms with Crippen LogP contribution in [0, 0.1) is 0 Å². The first kappa shape index (κ1) is 15.8. The van der Waals surface area contributed by atoms with Crippen LogP contribution >= 0.6 is 23.1 Å². The van der Waals surface area contributed by atoms with Crippen molar-refractivity contribution >= 4 is 29.0 Å². The van der Waals surface area contributed by atoms with Gasteiger partial charge in [-0.1, -0.05) is 48.2 Å². The average molecular weight is 344 g/mol. The number of hydrogen-bond donors (Lipinski definition) is 1. The number of thioether (sulfide) groups is 1. The van der Waals surface area contributed by atoms with E-state index in [1.54, 1.807) is 16.2 Å². The maximum Gasteiger partial charge on any atom is 0.233 e. The highest BCUT2D eigenvalue weighted by atomic mass is 32.2. The van der Waals surface area contributed by atoms with Crippen LogP contribution in [0.25, 0.3) is 10.7 Å². The molecule has 0 saturated heterocycles. The van der Waals surface area contributed by atoms with Crippen molar-refractivity contribution in [1.29, 1.82) is 0 Å². The van der Waals surface area contributed by atoms with E-state index in [4.69, 9.17) is 0 Å². The van der Waals surface area contributed by atoms with Gasteiger partial charge in [-0.15, -0.1) is 16.4 Å². The van der Waals surface area contributed by atoms with Gasteiger partial charge in [0.25, 0.3) is 0 Å². The Morgan fingerprint density at radius 1 is 1.26 bits per heavy atom. The molecule has 23 heavy (non-hydrogen) atoms. The highest BCUT2D eigenvalue weighted by molar-refractivity contribution is 7.99. The van der Waals surface area contributed by atoms with Crippen LogP contribution in [0.4, 0.5) is 0 Å². The Bertz CT molecular complexity index is 756. The number of benzene rings is 1. The Morgan fingerprint density at radius 2 is 2.09 bits per heavy atom. The Hall–Kier alpha value is -2.12. The van der Waals surface area contributed by atoms with E-state index in [1.165, 1.54) is 11.8 Å². The maximum atomic E-state index is 12.2. The fourth-order valence-electron chi connectivity index (χ4n) is 2.02. The van der Waals surface area contributed by atoms with Gasteiger partial charge in [0.05, 0.1) is 10.6 Å². The molecule has 3 aromatic rings. The molecule has 3 rings (SSSR count). The average Bonchev–Trinajstić information content (AvgIpc) is 3.24. The predicted molar refractivity (Wildman–Crippen MR) is 93.3 cm³/mol. The van der Waals surface area contributed by atoms with Gasteiger partial charge in [-0.25, -0.2) is 4.98 Å². The van der Waals surface area contributed by atoms with E-state index < -0.39 is 0 Å². The maximum absolute atomic E-state index is 12.2. The minimum Gasteiger partial charge on any atom is -0.341 e. The van der Waals surface area contributed by atoms with Crippen LogP contribution in [-0.4, -0.2) is 38.8 Å².